The second kappa shape index (κ2) is 46.8. The van der Waals surface area contributed by atoms with Crippen molar-refractivity contribution in [2.75, 3.05) is 164 Å². The van der Waals surface area contributed by atoms with E-state index in [-0.39, 0.29) is 32.0 Å². The van der Waals surface area contributed by atoms with Crippen LogP contribution >= 0.6 is 0 Å². The van der Waals surface area contributed by atoms with Crippen LogP contribution < -0.4 is 38.2 Å². The zero-order valence-electron chi connectivity index (χ0n) is 45.2. The highest BCUT2D eigenvalue weighted by Crippen LogP contribution is 2.13. The number of urea groups is 1. The van der Waals surface area contributed by atoms with Crippen molar-refractivity contribution in [3.8, 4) is 0 Å². The second-order valence-electron chi connectivity index (χ2n) is 16.9. The maximum Gasteiger partial charge on any atom is 0.407 e. The molecule has 0 bridgehead atoms. The number of hydrogen-bond acceptors (Lipinski definition) is 21. The van der Waals surface area contributed by atoms with Crippen molar-refractivity contribution in [1.82, 2.24) is 36.3 Å². The third-order valence-corrected chi connectivity index (χ3v) is 10.2. The molecule has 0 saturated carbocycles. The zero-order valence-corrected chi connectivity index (χ0v) is 45.2. The summed E-state index contributed by atoms with van der Waals surface area (Å²) < 4.78 is 67.3. The molecule has 2 aromatic rings. The number of anilines is 1. The summed E-state index contributed by atoms with van der Waals surface area (Å²) in [6.45, 7) is 16.5. The highest BCUT2D eigenvalue weighted by Gasteiger charge is 2.29. The average molecular weight is 1100 g/mol. The molecule has 77 heavy (non-hydrogen) atoms. The topological polar surface area (TPSA) is 348 Å². The molecular formula is C49H86N10O18. The molecule has 1 aromatic carbocycles. The maximum atomic E-state index is 13.3. The first-order chi connectivity index (χ1) is 37.5. The van der Waals surface area contributed by atoms with Crippen molar-refractivity contribution in [2.24, 2.45) is 17.5 Å². The predicted molar refractivity (Wildman–Crippen MR) is 277 cm³/mol. The van der Waals surface area contributed by atoms with E-state index in [1.54, 1.807) is 49.0 Å². The summed E-state index contributed by atoms with van der Waals surface area (Å²) in [5.74, 6) is 2.90. The summed E-state index contributed by atoms with van der Waals surface area (Å²) in [5.41, 5.74) is 6.71. The van der Waals surface area contributed by atoms with Crippen LogP contribution in [0.15, 0.2) is 30.5 Å². The molecule has 0 aliphatic carbocycles. The average Bonchev–Trinajstić information content (AvgIpc) is 3.87. The predicted octanol–water partition coefficient (Wildman–Crippen LogP) is 0.200. The van der Waals surface area contributed by atoms with Gasteiger partial charge in [-0.2, -0.15) is 0 Å². The summed E-state index contributed by atoms with van der Waals surface area (Å²) >= 11 is 0. The van der Waals surface area contributed by atoms with Crippen LogP contribution in [-0.2, 0) is 95.8 Å². The Labute approximate surface area is 451 Å². The number of nitrogens with two attached hydrogens (primary N) is 2. The Morgan fingerprint density at radius 3 is 1.52 bits per heavy atom. The van der Waals surface area contributed by atoms with Gasteiger partial charge in [0.2, 0.25) is 17.7 Å². The number of nitrogens with one attached hydrogen (secondary N) is 5. The third kappa shape index (κ3) is 38.1. The Balaban J connectivity index is 1.43. The number of hydrogen-bond donors (Lipinski definition) is 7. The zero-order chi connectivity index (χ0) is 55.8. The Morgan fingerprint density at radius 2 is 1.08 bits per heavy atom. The van der Waals surface area contributed by atoms with E-state index in [9.17, 15) is 24.0 Å². The van der Waals surface area contributed by atoms with Crippen LogP contribution in [0.25, 0.3) is 0 Å². The van der Waals surface area contributed by atoms with Gasteiger partial charge >= 0.3 is 12.1 Å². The van der Waals surface area contributed by atoms with Gasteiger partial charge in [0.1, 0.15) is 31.0 Å². The van der Waals surface area contributed by atoms with E-state index in [1.807, 2.05) is 0 Å². The number of aromatic nitrogens is 3. The smallest absolute Gasteiger partial charge is 0.407 e. The fourth-order valence-corrected chi connectivity index (χ4v) is 6.28. The molecule has 0 fully saturated rings. The van der Waals surface area contributed by atoms with Crippen molar-refractivity contribution in [2.45, 2.75) is 71.8 Å². The van der Waals surface area contributed by atoms with E-state index >= 15 is 0 Å². The minimum Gasteiger partial charge on any atom is -0.445 e. The Kier molecular flexibility index (Phi) is 41.3. The van der Waals surface area contributed by atoms with E-state index in [2.05, 4.69) is 48.7 Å². The number of ether oxygens (including phenoxy) is 12. The minimum atomic E-state index is -1.03. The fourth-order valence-electron chi connectivity index (χ4n) is 6.28. The summed E-state index contributed by atoms with van der Waals surface area (Å²) in [6, 6.07) is 3.80. The Hall–Kier alpha value is -5.21. The van der Waals surface area contributed by atoms with E-state index in [4.69, 9.17) is 68.5 Å². The van der Waals surface area contributed by atoms with E-state index in [1.165, 1.54) is 0 Å². The van der Waals surface area contributed by atoms with Crippen molar-refractivity contribution < 1.29 is 85.7 Å². The largest absolute Gasteiger partial charge is 0.445 e. The lowest BCUT2D eigenvalue weighted by Crippen LogP contribution is -2.55. The molecule has 28 nitrogen and oxygen atoms in total. The van der Waals surface area contributed by atoms with E-state index in [0.717, 1.165) is 13.0 Å². The van der Waals surface area contributed by atoms with Crippen molar-refractivity contribution in [3.05, 3.63) is 41.7 Å². The molecule has 2 rings (SSSR count). The molecule has 9 N–H and O–H groups in total. The van der Waals surface area contributed by atoms with Gasteiger partial charge in [0.05, 0.1) is 158 Å². The molecule has 6 amide bonds. The third-order valence-electron chi connectivity index (χ3n) is 10.2. The van der Waals surface area contributed by atoms with Gasteiger partial charge in [0, 0.05) is 18.8 Å². The lowest BCUT2D eigenvalue weighted by Gasteiger charge is -2.25. The van der Waals surface area contributed by atoms with Crippen LogP contribution in [0.2, 0.25) is 0 Å². The molecule has 1 aromatic heterocycles. The molecule has 28 heteroatoms. The molecule has 1 heterocycles. The van der Waals surface area contributed by atoms with Crippen molar-refractivity contribution in [3.63, 3.8) is 0 Å². The van der Waals surface area contributed by atoms with Gasteiger partial charge in [0.15, 0.2) is 0 Å². The van der Waals surface area contributed by atoms with Crippen LogP contribution in [0.1, 0.15) is 51.3 Å². The first kappa shape index (κ1) is 67.9. The summed E-state index contributed by atoms with van der Waals surface area (Å²) in [6.07, 6.45) is 2.47. The highest BCUT2D eigenvalue weighted by atomic mass is 16.6. The minimum absolute atomic E-state index is 0.0584. The molecule has 0 aliphatic rings. The Morgan fingerprint density at radius 1 is 0.610 bits per heavy atom. The first-order valence-electron chi connectivity index (χ1n) is 26.0. The lowest BCUT2D eigenvalue weighted by atomic mass is 10.0. The van der Waals surface area contributed by atoms with Gasteiger partial charge in [-0.3, -0.25) is 19.2 Å². The van der Waals surface area contributed by atoms with E-state index < -0.39 is 48.5 Å². The molecule has 0 aliphatic heterocycles. The number of benzene rings is 1. The molecule has 0 spiro atoms. The van der Waals surface area contributed by atoms with Crippen molar-refractivity contribution in [1.29, 1.82) is 0 Å². The molecule has 0 saturated heterocycles. The van der Waals surface area contributed by atoms with Gasteiger partial charge < -0.3 is 89.2 Å². The Bertz CT molecular complexity index is 1820. The summed E-state index contributed by atoms with van der Waals surface area (Å²) in [4.78, 5) is 66.5. The normalized spacial score (nSPS) is 12.1. The number of carbonyl (C=O) groups excluding carboxylic acids is 5. The number of primary amides is 1. The van der Waals surface area contributed by atoms with Gasteiger partial charge in [-0.15, -0.1) is 5.10 Å². The van der Waals surface area contributed by atoms with Crippen molar-refractivity contribution >= 4 is 35.5 Å². The monoisotopic (exact) mass is 1100 g/mol. The molecular weight excluding hydrogens is 1020 g/mol. The van der Waals surface area contributed by atoms with Crippen LogP contribution in [0, 0.1) is 5.92 Å². The first-order valence-corrected chi connectivity index (χ1v) is 26.0. The molecule has 440 valence electrons. The second-order valence-corrected chi connectivity index (χ2v) is 16.9. The van der Waals surface area contributed by atoms with Crippen LogP contribution in [0.5, 0.6) is 0 Å². The van der Waals surface area contributed by atoms with Gasteiger partial charge in [-0.25, -0.2) is 20.2 Å². The maximum absolute atomic E-state index is 13.3. The number of nitrogens with zero attached hydrogens (tertiary/aromatic N) is 3. The standard InChI is InChI=1S/C49H86N10O18/c1-4-13-65-15-17-67-19-21-69-23-25-71-27-29-73-31-33-75-34-32-74-30-28-72-26-24-70-22-20-68-18-16-66-14-12-59-36-42(57-58-59)35-53-49(64)76-37-40-7-9-41(10-8-40)54-46(61)43(6-5-11-52-48(50)63)55-47(62)45(39(2)3)56-44(60)38-77-51/h7-10,36,39,43,45H,4-6,11-35,37-38,51H2,1-3H3,(H,53,64)(H,54,61)(H,55,62)(H,56,60)(H3,50,52,63)/t43-,45-/m0/s1. The number of alkyl carbamates (subject to hydrolysis) is 1. The molecule has 0 unspecified atom stereocenters. The highest BCUT2D eigenvalue weighted by molar-refractivity contribution is 5.98. The molecule has 2 atom stereocenters. The van der Waals surface area contributed by atoms with Gasteiger partial charge in [0.25, 0.3) is 0 Å². The van der Waals surface area contributed by atoms with Gasteiger partial charge in [-0.1, -0.05) is 38.1 Å². The summed E-state index contributed by atoms with van der Waals surface area (Å²) in [5, 5.41) is 21.2. The van der Waals surface area contributed by atoms with Crippen LogP contribution in [-0.4, -0.2) is 215 Å². The number of carbonyl (C=O) groups is 5. The summed E-state index contributed by atoms with van der Waals surface area (Å²) in [7, 11) is 0. The van der Waals surface area contributed by atoms with Crippen LogP contribution in [0.4, 0.5) is 15.3 Å². The quantitative estimate of drug-likeness (QED) is 0.0344. The molecule has 0 radical (unpaired) electrons. The SMILES string of the molecule is CCCOCCOCCOCCOCCOCCOCCOCCOCCOCCOCCOCCn1cc(CNC(=O)OCc2ccc(NC(=O)[C@H](CCCNC(N)=O)NC(=O)[C@@H](NC(=O)CON)C(C)C)cc2)nn1. The van der Waals surface area contributed by atoms with E-state index in [0.29, 0.717) is 169 Å². The van der Waals surface area contributed by atoms with Gasteiger partial charge in [-0.05, 0) is 42.9 Å². The van der Waals surface area contributed by atoms with Crippen LogP contribution in [0.3, 0.4) is 0 Å². The fraction of sp³-hybridized carbons (Fsp3) is 0.735. The number of amides is 6. The lowest BCUT2D eigenvalue weighted by molar-refractivity contribution is -0.133. The number of rotatable bonds is 51.